The Kier molecular flexibility index (Phi) is 4.26. The molecule has 0 radical (unpaired) electrons. The van der Waals surface area contributed by atoms with Gasteiger partial charge in [-0.2, -0.15) is 0 Å². The van der Waals surface area contributed by atoms with E-state index in [1.165, 1.54) is 51.4 Å². The van der Waals surface area contributed by atoms with Gasteiger partial charge in [0, 0.05) is 12.5 Å². The van der Waals surface area contributed by atoms with Crippen molar-refractivity contribution in [3.05, 3.63) is 0 Å². The van der Waals surface area contributed by atoms with Crippen LogP contribution in [0.25, 0.3) is 0 Å². The predicted molar refractivity (Wildman–Crippen MR) is 57.9 cm³/mol. The smallest absolute Gasteiger partial charge is 0.0726 e. The van der Waals surface area contributed by atoms with Crippen LogP contribution in [-0.2, 0) is 4.84 Å². The molecule has 0 aromatic heterocycles. The molecule has 2 rings (SSSR count). The molecule has 1 aliphatic carbocycles. The first-order valence-electron chi connectivity index (χ1n) is 6.31. The number of hydrogen-bond donors (Lipinski definition) is 1. The van der Waals surface area contributed by atoms with E-state index in [0.717, 1.165) is 25.0 Å². The van der Waals surface area contributed by atoms with Crippen molar-refractivity contribution in [3.63, 3.8) is 0 Å². The maximum Gasteiger partial charge on any atom is 0.0726 e. The van der Waals surface area contributed by atoms with Crippen LogP contribution in [0.1, 0.15) is 51.4 Å². The molecule has 0 aromatic carbocycles. The highest BCUT2D eigenvalue weighted by Gasteiger charge is 2.25. The third kappa shape index (κ3) is 2.96. The van der Waals surface area contributed by atoms with Gasteiger partial charge in [0.1, 0.15) is 0 Å². The van der Waals surface area contributed by atoms with E-state index < -0.39 is 0 Å². The monoisotopic (exact) mass is 197 g/mol. The third-order valence-corrected chi connectivity index (χ3v) is 3.81. The molecule has 2 aliphatic rings. The van der Waals surface area contributed by atoms with Gasteiger partial charge >= 0.3 is 0 Å². The molecular formula is C12H23NO. The second kappa shape index (κ2) is 5.72. The zero-order valence-electron chi connectivity index (χ0n) is 9.13. The highest BCUT2D eigenvalue weighted by molar-refractivity contribution is 4.75. The Morgan fingerprint density at radius 2 is 1.43 bits per heavy atom. The molecule has 1 unspecified atom stereocenters. The first-order chi connectivity index (χ1) is 6.97. The van der Waals surface area contributed by atoms with Gasteiger partial charge in [0.05, 0.1) is 6.61 Å². The molecule has 1 N–H and O–H groups in total. The van der Waals surface area contributed by atoms with Crippen molar-refractivity contribution in [2.24, 2.45) is 11.8 Å². The highest BCUT2D eigenvalue weighted by atomic mass is 16.7. The van der Waals surface area contributed by atoms with E-state index in [9.17, 15) is 0 Å². The lowest BCUT2D eigenvalue weighted by atomic mass is 9.85. The van der Waals surface area contributed by atoms with E-state index in [-0.39, 0.29) is 0 Å². The summed E-state index contributed by atoms with van der Waals surface area (Å²) in [6.45, 7) is 2.04. The molecule has 1 saturated heterocycles. The maximum absolute atomic E-state index is 5.26. The molecule has 2 fully saturated rings. The van der Waals surface area contributed by atoms with E-state index in [2.05, 4.69) is 5.48 Å². The van der Waals surface area contributed by atoms with Crippen LogP contribution < -0.4 is 5.48 Å². The van der Waals surface area contributed by atoms with Gasteiger partial charge in [-0.15, -0.1) is 0 Å². The van der Waals surface area contributed by atoms with E-state index in [1.807, 2.05) is 0 Å². The third-order valence-electron chi connectivity index (χ3n) is 3.81. The molecule has 82 valence electrons. The van der Waals surface area contributed by atoms with Gasteiger partial charge in [0.25, 0.3) is 0 Å². The van der Waals surface area contributed by atoms with Gasteiger partial charge in [0.15, 0.2) is 0 Å². The summed E-state index contributed by atoms with van der Waals surface area (Å²) in [7, 11) is 0. The zero-order chi connectivity index (χ0) is 9.64. The summed E-state index contributed by atoms with van der Waals surface area (Å²) >= 11 is 0. The molecular weight excluding hydrogens is 174 g/mol. The molecule has 1 saturated carbocycles. The van der Waals surface area contributed by atoms with Crippen LogP contribution in [0.15, 0.2) is 0 Å². The minimum absolute atomic E-state index is 0.799. The Morgan fingerprint density at radius 1 is 0.786 bits per heavy atom. The average Bonchev–Trinajstić information content (AvgIpc) is 2.75. The predicted octanol–water partition coefficient (Wildman–Crippen LogP) is 2.89. The van der Waals surface area contributed by atoms with Crippen LogP contribution in [-0.4, -0.2) is 13.2 Å². The lowest BCUT2D eigenvalue weighted by Crippen LogP contribution is -2.19. The van der Waals surface area contributed by atoms with Crippen molar-refractivity contribution in [2.75, 3.05) is 13.2 Å². The Bertz CT molecular complexity index is 144. The van der Waals surface area contributed by atoms with E-state index in [0.29, 0.717) is 0 Å². The first kappa shape index (κ1) is 10.4. The van der Waals surface area contributed by atoms with Gasteiger partial charge in [0.2, 0.25) is 0 Å². The number of nitrogens with one attached hydrogen (secondary N) is 1. The standard InChI is InChI=1S/C12H23NO/c1-2-4-6-8-11(7-5-3-1)12-9-13-14-10-12/h11-13H,1-10H2. The van der Waals surface area contributed by atoms with Gasteiger partial charge in [-0.3, -0.25) is 0 Å². The average molecular weight is 197 g/mol. The van der Waals surface area contributed by atoms with Crippen molar-refractivity contribution in [2.45, 2.75) is 51.4 Å². The SMILES string of the molecule is C1CCCCC(C2CNOC2)CCC1. The van der Waals surface area contributed by atoms with Crippen LogP contribution >= 0.6 is 0 Å². The van der Waals surface area contributed by atoms with Crippen molar-refractivity contribution >= 4 is 0 Å². The van der Waals surface area contributed by atoms with Crippen LogP contribution in [0, 0.1) is 11.8 Å². The minimum Gasteiger partial charge on any atom is -0.301 e. The fraction of sp³-hybridized carbons (Fsp3) is 1.00. The lowest BCUT2D eigenvalue weighted by Gasteiger charge is -2.20. The van der Waals surface area contributed by atoms with Crippen LogP contribution in [0.5, 0.6) is 0 Å². The summed E-state index contributed by atoms with van der Waals surface area (Å²) in [5, 5.41) is 0. The second-order valence-electron chi connectivity index (χ2n) is 4.88. The normalized spacial score (nSPS) is 32.1. The molecule has 1 atom stereocenters. The number of hydroxylamine groups is 1. The van der Waals surface area contributed by atoms with Crippen molar-refractivity contribution in [1.29, 1.82) is 0 Å². The second-order valence-corrected chi connectivity index (χ2v) is 4.88. The van der Waals surface area contributed by atoms with E-state index in [1.54, 1.807) is 0 Å². The molecule has 1 aliphatic heterocycles. The summed E-state index contributed by atoms with van der Waals surface area (Å²) < 4.78 is 0. The fourth-order valence-corrected chi connectivity index (χ4v) is 2.83. The van der Waals surface area contributed by atoms with Crippen LogP contribution in [0.3, 0.4) is 0 Å². The van der Waals surface area contributed by atoms with E-state index >= 15 is 0 Å². The summed E-state index contributed by atoms with van der Waals surface area (Å²) in [6, 6.07) is 0. The zero-order valence-corrected chi connectivity index (χ0v) is 9.13. The molecule has 0 spiro atoms. The summed E-state index contributed by atoms with van der Waals surface area (Å²) in [4.78, 5) is 5.26. The van der Waals surface area contributed by atoms with E-state index in [4.69, 9.17) is 4.84 Å². The Labute approximate surface area is 87.4 Å². The van der Waals surface area contributed by atoms with Crippen molar-refractivity contribution in [1.82, 2.24) is 5.48 Å². The Balaban J connectivity index is 1.80. The van der Waals surface area contributed by atoms with Gasteiger partial charge in [-0.1, -0.05) is 51.4 Å². The van der Waals surface area contributed by atoms with Gasteiger partial charge in [-0.05, 0) is 5.92 Å². The van der Waals surface area contributed by atoms with Crippen molar-refractivity contribution < 1.29 is 4.84 Å². The number of hydrogen-bond acceptors (Lipinski definition) is 2. The largest absolute Gasteiger partial charge is 0.301 e. The summed E-state index contributed by atoms with van der Waals surface area (Å²) in [5.41, 5.74) is 3.02. The molecule has 2 heteroatoms. The first-order valence-corrected chi connectivity index (χ1v) is 6.31. The van der Waals surface area contributed by atoms with Gasteiger partial charge < -0.3 is 4.84 Å². The summed E-state index contributed by atoms with van der Waals surface area (Å²) in [5.74, 6) is 1.73. The molecule has 0 bridgehead atoms. The van der Waals surface area contributed by atoms with Gasteiger partial charge in [-0.25, -0.2) is 5.48 Å². The molecule has 14 heavy (non-hydrogen) atoms. The Morgan fingerprint density at radius 3 is 2.00 bits per heavy atom. The molecule has 2 nitrogen and oxygen atoms in total. The maximum atomic E-state index is 5.26. The Hall–Kier alpha value is -0.0800. The highest BCUT2D eigenvalue weighted by Crippen LogP contribution is 2.29. The van der Waals surface area contributed by atoms with Crippen molar-refractivity contribution in [3.8, 4) is 0 Å². The summed E-state index contributed by atoms with van der Waals surface area (Å²) in [6.07, 6.45) is 11.6. The molecule has 0 amide bonds. The van der Waals surface area contributed by atoms with Crippen LogP contribution in [0.2, 0.25) is 0 Å². The topological polar surface area (TPSA) is 21.3 Å². The quantitative estimate of drug-likeness (QED) is 0.698. The molecule has 1 heterocycles. The minimum atomic E-state index is 0.799. The fourth-order valence-electron chi connectivity index (χ4n) is 2.83. The van der Waals surface area contributed by atoms with Crippen LogP contribution in [0.4, 0.5) is 0 Å². The number of rotatable bonds is 1. The lowest BCUT2D eigenvalue weighted by molar-refractivity contribution is 0.0911. The molecule has 0 aromatic rings.